The monoisotopic (exact) mass is 381 g/mol. The first kappa shape index (κ1) is 18.8. The zero-order valence-electron chi connectivity index (χ0n) is 14.9. The van der Waals surface area contributed by atoms with E-state index < -0.39 is 0 Å². The molecule has 0 atom stereocenters. The number of aromatic nitrogens is 3. The van der Waals surface area contributed by atoms with Crippen LogP contribution in [0.1, 0.15) is 27.4 Å². The Morgan fingerprint density at radius 3 is 2.67 bits per heavy atom. The van der Waals surface area contributed by atoms with Gasteiger partial charge in [-0.25, -0.2) is 9.97 Å². The molecule has 0 bridgehead atoms. The second-order valence-electron chi connectivity index (χ2n) is 6.03. The van der Waals surface area contributed by atoms with Crippen LogP contribution in [-0.4, -0.2) is 27.4 Å². The maximum absolute atomic E-state index is 12.4. The predicted molar refractivity (Wildman–Crippen MR) is 106 cm³/mol. The standard InChI is InChI=1S/C20H20ClN5O/c1-14-25-18(11-19(26-14)24-13-16-3-2-9-22-12-16)20(27)23-10-8-15-4-6-17(21)7-5-15/h2-7,9,11-12H,8,10,13H2,1H3,(H,23,27)(H,24,25,26). The van der Waals surface area contributed by atoms with E-state index in [1.807, 2.05) is 36.4 Å². The summed E-state index contributed by atoms with van der Waals surface area (Å²) in [5.41, 5.74) is 2.48. The second-order valence-corrected chi connectivity index (χ2v) is 6.47. The van der Waals surface area contributed by atoms with E-state index in [9.17, 15) is 4.79 Å². The predicted octanol–water partition coefficient (Wildman–Crippen LogP) is 3.42. The molecule has 2 heterocycles. The van der Waals surface area contributed by atoms with Gasteiger partial charge in [0.2, 0.25) is 0 Å². The zero-order valence-corrected chi connectivity index (χ0v) is 15.7. The average Bonchev–Trinajstić information content (AvgIpc) is 2.68. The fraction of sp³-hybridized carbons (Fsp3) is 0.200. The van der Waals surface area contributed by atoms with Crippen LogP contribution < -0.4 is 10.6 Å². The van der Waals surface area contributed by atoms with E-state index in [0.717, 1.165) is 17.5 Å². The minimum Gasteiger partial charge on any atom is -0.366 e. The van der Waals surface area contributed by atoms with Crippen LogP contribution >= 0.6 is 11.6 Å². The molecular formula is C20H20ClN5O. The van der Waals surface area contributed by atoms with Crippen molar-refractivity contribution in [3.63, 3.8) is 0 Å². The normalized spacial score (nSPS) is 10.4. The van der Waals surface area contributed by atoms with Crippen molar-refractivity contribution in [2.24, 2.45) is 0 Å². The number of nitrogens with zero attached hydrogens (tertiary/aromatic N) is 3. The lowest BCUT2D eigenvalue weighted by Crippen LogP contribution is -2.27. The van der Waals surface area contributed by atoms with Crippen molar-refractivity contribution in [1.29, 1.82) is 0 Å². The molecule has 0 radical (unpaired) electrons. The number of aryl methyl sites for hydroxylation is 1. The van der Waals surface area contributed by atoms with Crippen LogP contribution in [0.3, 0.4) is 0 Å². The maximum atomic E-state index is 12.4. The topological polar surface area (TPSA) is 79.8 Å². The Hall–Kier alpha value is -2.99. The molecule has 0 aliphatic carbocycles. The first-order chi connectivity index (χ1) is 13.1. The molecule has 0 saturated carbocycles. The van der Waals surface area contributed by atoms with E-state index in [4.69, 9.17) is 11.6 Å². The summed E-state index contributed by atoms with van der Waals surface area (Å²) < 4.78 is 0. The van der Waals surface area contributed by atoms with Crippen LogP contribution in [0.2, 0.25) is 5.02 Å². The Morgan fingerprint density at radius 2 is 1.93 bits per heavy atom. The molecule has 0 aliphatic rings. The Kier molecular flexibility index (Phi) is 6.33. The molecule has 138 valence electrons. The first-order valence-corrected chi connectivity index (χ1v) is 8.99. The molecule has 27 heavy (non-hydrogen) atoms. The molecule has 0 aliphatic heterocycles. The van der Waals surface area contributed by atoms with Crippen molar-refractivity contribution in [3.05, 3.63) is 82.5 Å². The third-order valence-electron chi connectivity index (χ3n) is 3.88. The number of rotatable bonds is 7. The molecule has 3 aromatic rings. The average molecular weight is 382 g/mol. The highest BCUT2D eigenvalue weighted by Crippen LogP contribution is 2.11. The van der Waals surface area contributed by atoms with Crippen LogP contribution in [0.4, 0.5) is 5.82 Å². The Morgan fingerprint density at radius 1 is 1.11 bits per heavy atom. The molecule has 2 aromatic heterocycles. The number of pyridine rings is 1. The van der Waals surface area contributed by atoms with Gasteiger partial charge in [-0.2, -0.15) is 0 Å². The number of amides is 1. The van der Waals surface area contributed by atoms with Gasteiger partial charge in [-0.3, -0.25) is 9.78 Å². The summed E-state index contributed by atoms with van der Waals surface area (Å²) >= 11 is 5.88. The van der Waals surface area contributed by atoms with E-state index in [1.165, 1.54) is 0 Å². The number of carbonyl (C=O) groups excluding carboxylic acids is 1. The van der Waals surface area contributed by atoms with Crippen molar-refractivity contribution in [2.75, 3.05) is 11.9 Å². The summed E-state index contributed by atoms with van der Waals surface area (Å²) in [4.78, 5) is 25.1. The van der Waals surface area contributed by atoms with E-state index in [0.29, 0.717) is 35.4 Å². The lowest BCUT2D eigenvalue weighted by molar-refractivity contribution is 0.0949. The fourth-order valence-corrected chi connectivity index (χ4v) is 2.66. The molecule has 0 saturated heterocycles. The highest BCUT2D eigenvalue weighted by Gasteiger charge is 2.10. The van der Waals surface area contributed by atoms with Crippen molar-refractivity contribution >= 4 is 23.3 Å². The van der Waals surface area contributed by atoms with Gasteiger partial charge in [0.05, 0.1) is 0 Å². The smallest absolute Gasteiger partial charge is 0.270 e. The third-order valence-corrected chi connectivity index (χ3v) is 4.13. The van der Waals surface area contributed by atoms with E-state index >= 15 is 0 Å². The summed E-state index contributed by atoms with van der Waals surface area (Å²) in [7, 11) is 0. The molecule has 2 N–H and O–H groups in total. The molecule has 1 aromatic carbocycles. The van der Waals surface area contributed by atoms with Crippen molar-refractivity contribution in [1.82, 2.24) is 20.3 Å². The molecule has 7 heteroatoms. The van der Waals surface area contributed by atoms with Gasteiger partial charge in [-0.05, 0) is 42.7 Å². The molecule has 1 amide bonds. The number of anilines is 1. The third kappa shape index (κ3) is 5.76. The van der Waals surface area contributed by atoms with Crippen molar-refractivity contribution < 1.29 is 4.79 Å². The van der Waals surface area contributed by atoms with Gasteiger partial charge < -0.3 is 10.6 Å². The summed E-state index contributed by atoms with van der Waals surface area (Å²) in [6, 6.07) is 13.1. The number of benzene rings is 1. The molecule has 0 spiro atoms. The lowest BCUT2D eigenvalue weighted by atomic mass is 10.1. The van der Waals surface area contributed by atoms with Crippen molar-refractivity contribution in [2.45, 2.75) is 19.9 Å². The Labute approximate surface area is 163 Å². The SMILES string of the molecule is Cc1nc(NCc2cccnc2)cc(C(=O)NCCc2ccc(Cl)cc2)n1. The van der Waals surface area contributed by atoms with Gasteiger partial charge in [-0.1, -0.05) is 29.8 Å². The van der Waals surface area contributed by atoms with Gasteiger partial charge in [0.1, 0.15) is 17.3 Å². The highest BCUT2D eigenvalue weighted by atomic mass is 35.5. The molecule has 0 fully saturated rings. The van der Waals surface area contributed by atoms with Crippen LogP contribution in [0, 0.1) is 6.92 Å². The fourth-order valence-electron chi connectivity index (χ4n) is 2.53. The molecule has 0 unspecified atom stereocenters. The number of halogens is 1. The number of hydrogen-bond donors (Lipinski definition) is 2. The largest absolute Gasteiger partial charge is 0.366 e. The molecular weight excluding hydrogens is 362 g/mol. The van der Waals surface area contributed by atoms with E-state index in [1.54, 1.807) is 25.4 Å². The van der Waals surface area contributed by atoms with Gasteiger partial charge in [-0.15, -0.1) is 0 Å². The number of hydrogen-bond acceptors (Lipinski definition) is 5. The first-order valence-electron chi connectivity index (χ1n) is 8.61. The van der Waals surface area contributed by atoms with Gasteiger partial charge in [0.15, 0.2) is 0 Å². The van der Waals surface area contributed by atoms with E-state index in [-0.39, 0.29) is 5.91 Å². The highest BCUT2D eigenvalue weighted by molar-refractivity contribution is 6.30. The van der Waals surface area contributed by atoms with Crippen LogP contribution in [-0.2, 0) is 13.0 Å². The summed E-state index contributed by atoms with van der Waals surface area (Å²) in [6.45, 7) is 2.85. The Balaban J connectivity index is 1.57. The second kappa shape index (κ2) is 9.09. The number of nitrogens with one attached hydrogen (secondary N) is 2. The number of carbonyl (C=O) groups is 1. The van der Waals surface area contributed by atoms with Crippen molar-refractivity contribution in [3.8, 4) is 0 Å². The van der Waals surface area contributed by atoms with Gasteiger partial charge in [0.25, 0.3) is 5.91 Å². The van der Waals surface area contributed by atoms with Gasteiger partial charge >= 0.3 is 0 Å². The van der Waals surface area contributed by atoms with E-state index in [2.05, 4.69) is 25.6 Å². The minimum absolute atomic E-state index is 0.223. The maximum Gasteiger partial charge on any atom is 0.270 e. The summed E-state index contributed by atoms with van der Waals surface area (Å²) in [5, 5.41) is 6.79. The lowest BCUT2D eigenvalue weighted by Gasteiger charge is -2.09. The van der Waals surface area contributed by atoms with Gasteiger partial charge in [0, 0.05) is 36.6 Å². The van der Waals surface area contributed by atoms with Crippen LogP contribution in [0.25, 0.3) is 0 Å². The van der Waals surface area contributed by atoms with Crippen LogP contribution in [0.5, 0.6) is 0 Å². The molecule has 3 rings (SSSR count). The minimum atomic E-state index is -0.223. The summed E-state index contributed by atoms with van der Waals surface area (Å²) in [5.74, 6) is 0.919. The summed E-state index contributed by atoms with van der Waals surface area (Å²) in [6.07, 6.45) is 4.23. The quantitative estimate of drug-likeness (QED) is 0.655. The zero-order chi connectivity index (χ0) is 19.1. The van der Waals surface area contributed by atoms with Crippen LogP contribution in [0.15, 0.2) is 54.9 Å². The Bertz CT molecular complexity index is 900. The molecule has 6 nitrogen and oxygen atoms in total.